The summed E-state index contributed by atoms with van der Waals surface area (Å²) in [4.78, 5) is 23.5. The van der Waals surface area contributed by atoms with E-state index in [2.05, 4.69) is 6.92 Å². The van der Waals surface area contributed by atoms with Gasteiger partial charge in [-0.05, 0) is 6.42 Å². The van der Waals surface area contributed by atoms with E-state index in [9.17, 15) is 9.59 Å². The van der Waals surface area contributed by atoms with Gasteiger partial charge < -0.3 is 0 Å². The number of benzene rings is 1. The first-order chi connectivity index (χ1) is 8.66. The summed E-state index contributed by atoms with van der Waals surface area (Å²) in [6, 6.07) is 8.51. The molecule has 0 aromatic heterocycles. The van der Waals surface area contributed by atoms with Crippen LogP contribution in [0.2, 0.25) is 0 Å². The van der Waals surface area contributed by atoms with Crippen LogP contribution in [0.25, 0.3) is 0 Å². The summed E-state index contributed by atoms with van der Waals surface area (Å²) in [6.45, 7) is 2.10. The van der Waals surface area contributed by atoms with E-state index in [1.165, 1.54) is 0 Å². The zero-order chi connectivity index (χ0) is 13.4. The Morgan fingerprint density at radius 3 is 2.33 bits per heavy atom. The fourth-order valence-corrected chi connectivity index (χ4v) is 1.70. The summed E-state index contributed by atoms with van der Waals surface area (Å²) in [5.41, 5.74) is 0.0158. The first-order valence-corrected chi connectivity index (χ1v) is 6.38. The highest BCUT2D eigenvalue weighted by molar-refractivity contribution is 6.68. The van der Waals surface area contributed by atoms with Crippen molar-refractivity contribution in [2.24, 2.45) is 0 Å². The van der Waals surface area contributed by atoms with Gasteiger partial charge in [-0.2, -0.15) is 0 Å². The average Bonchev–Trinajstić information content (AvgIpc) is 2.42. The molecule has 3 nitrogen and oxygen atoms in total. The van der Waals surface area contributed by atoms with Gasteiger partial charge in [-0.25, -0.2) is 0 Å². The van der Waals surface area contributed by atoms with Gasteiger partial charge in [-0.15, -0.1) is 0 Å². The summed E-state index contributed by atoms with van der Waals surface area (Å²) in [6.07, 6.45) is 4.24. The van der Waals surface area contributed by atoms with Crippen LogP contribution in [0.3, 0.4) is 0 Å². The number of hydrogen-bond donors (Lipinski definition) is 1. The zero-order valence-electron chi connectivity index (χ0n) is 10.7. The van der Waals surface area contributed by atoms with Gasteiger partial charge >= 0.3 is 0 Å². The third-order valence-corrected chi connectivity index (χ3v) is 2.80. The molecule has 1 aromatic rings. The minimum atomic E-state index is -0.476. The number of carbonyl (C=O) groups excluding carboxylic acids is 2. The van der Waals surface area contributed by atoms with Crippen molar-refractivity contribution in [3.8, 4) is 0 Å². The molecule has 1 rings (SSSR count). The molecule has 3 heteroatoms. The lowest BCUT2D eigenvalue weighted by Crippen LogP contribution is -2.23. The largest absolute Gasteiger partial charge is 0.294 e. The molecular weight excluding hydrogens is 226 g/mol. The van der Waals surface area contributed by atoms with Gasteiger partial charge in [0.05, 0.1) is 0 Å². The highest BCUT2D eigenvalue weighted by Crippen LogP contribution is 2.06. The van der Waals surface area contributed by atoms with Crippen molar-refractivity contribution < 1.29 is 9.59 Å². The van der Waals surface area contributed by atoms with Crippen molar-refractivity contribution in [3.63, 3.8) is 0 Å². The molecule has 0 radical (unpaired) electrons. The molecular formula is C15H19NO2. The van der Waals surface area contributed by atoms with E-state index >= 15 is 0 Å². The summed E-state index contributed by atoms with van der Waals surface area (Å²) in [5.74, 6) is -0.823. The fraction of sp³-hybridized carbons (Fsp3) is 0.400. The lowest BCUT2D eigenvalue weighted by atomic mass is 10.0. The Morgan fingerprint density at radius 2 is 1.72 bits per heavy atom. The predicted molar refractivity (Wildman–Crippen MR) is 72.3 cm³/mol. The van der Waals surface area contributed by atoms with Crippen LogP contribution in [-0.4, -0.2) is 17.3 Å². The highest BCUT2D eigenvalue weighted by Gasteiger charge is 2.18. The lowest BCUT2D eigenvalue weighted by molar-refractivity contribution is -0.113. The van der Waals surface area contributed by atoms with Crippen LogP contribution in [0.1, 0.15) is 49.4 Å². The van der Waals surface area contributed by atoms with Crippen LogP contribution in [0.4, 0.5) is 0 Å². The van der Waals surface area contributed by atoms with Gasteiger partial charge in [0.15, 0.2) is 5.78 Å². The molecule has 0 saturated heterocycles. The maximum atomic E-state index is 11.8. The first kappa shape index (κ1) is 14.3. The Hall–Kier alpha value is -1.77. The smallest absolute Gasteiger partial charge is 0.214 e. The SMILES string of the molecule is CCCCCCC(=O)C(=N)C(=O)c1ccccc1. The molecule has 0 spiro atoms. The Bertz CT molecular complexity index is 423. The number of carbonyl (C=O) groups is 2. The van der Waals surface area contributed by atoms with Gasteiger partial charge in [0.25, 0.3) is 0 Å². The maximum Gasteiger partial charge on any atom is 0.214 e. The fourth-order valence-electron chi connectivity index (χ4n) is 1.70. The molecule has 96 valence electrons. The van der Waals surface area contributed by atoms with E-state index in [0.29, 0.717) is 12.0 Å². The van der Waals surface area contributed by atoms with Gasteiger partial charge in [0.1, 0.15) is 5.71 Å². The Kier molecular flexibility index (Phi) is 5.98. The third kappa shape index (κ3) is 4.24. The zero-order valence-corrected chi connectivity index (χ0v) is 10.7. The van der Waals surface area contributed by atoms with E-state index in [0.717, 1.165) is 25.7 Å². The number of Topliss-reactive ketones (excluding diaryl/α,β-unsaturated/α-hetero) is 2. The van der Waals surface area contributed by atoms with Gasteiger partial charge in [-0.1, -0.05) is 56.5 Å². The molecule has 0 atom stereocenters. The molecule has 0 aliphatic carbocycles. The van der Waals surface area contributed by atoms with Crippen molar-refractivity contribution >= 4 is 17.3 Å². The van der Waals surface area contributed by atoms with E-state index in [-0.39, 0.29) is 5.78 Å². The van der Waals surface area contributed by atoms with Crippen LogP contribution in [0.5, 0.6) is 0 Å². The second-order valence-corrected chi connectivity index (χ2v) is 4.30. The first-order valence-electron chi connectivity index (χ1n) is 6.38. The lowest BCUT2D eigenvalue weighted by Gasteiger charge is -2.02. The molecule has 0 aliphatic heterocycles. The Labute approximate surface area is 108 Å². The van der Waals surface area contributed by atoms with Crippen molar-refractivity contribution in [1.82, 2.24) is 0 Å². The molecule has 0 bridgehead atoms. The molecule has 0 aliphatic rings. The minimum absolute atomic E-state index is 0.303. The van der Waals surface area contributed by atoms with Gasteiger partial charge in [-0.3, -0.25) is 15.0 Å². The topological polar surface area (TPSA) is 58.0 Å². The predicted octanol–water partition coefficient (Wildman–Crippen LogP) is 3.43. The van der Waals surface area contributed by atoms with E-state index in [4.69, 9.17) is 5.41 Å². The van der Waals surface area contributed by atoms with Crippen molar-refractivity contribution in [1.29, 1.82) is 5.41 Å². The number of unbranched alkanes of at least 4 members (excludes halogenated alkanes) is 3. The van der Waals surface area contributed by atoms with Crippen LogP contribution in [-0.2, 0) is 4.79 Å². The summed E-state index contributed by atoms with van der Waals surface area (Å²) >= 11 is 0. The van der Waals surface area contributed by atoms with Crippen molar-refractivity contribution in [3.05, 3.63) is 35.9 Å². The van der Waals surface area contributed by atoms with Crippen molar-refractivity contribution in [2.45, 2.75) is 39.0 Å². The standard InChI is InChI=1S/C15H19NO2/c1-2-3-4-8-11-13(17)14(16)15(18)12-9-6-5-7-10-12/h5-7,9-10,16H,2-4,8,11H2,1H3. The monoisotopic (exact) mass is 245 g/mol. The molecule has 0 fully saturated rings. The number of rotatable bonds is 8. The van der Waals surface area contributed by atoms with Crippen LogP contribution < -0.4 is 0 Å². The Balaban J connectivity index is 2.49. The van der Waals surface area contributed by atoms with Crippen LogP contribution >= 0.6 is 0 Å². The average molecular weight is 245 g/mol. The highest BCUT2D eigenvalue weighted by atomic mass is 16.1. The summed E-state index contributed by atoms with van der Waals surface area (Å²) < 4.78 is 0. The van der Waals surface area contributed by atoms with Gasteiger partial charge in [0.2, 0.25) is 5.78 Å². The third-order valence-electron chi connectivity index (χ3n) is 2.80. The summed E-state index contributed by atoms with van der Waals surface area (Å²) in [7, 11) is 0. The normalized spacial score (nSPS) is 10.1. The Morgan fingerprint density at radius 1 is 1.06 bits per heavy atom. The second-order valence-electron chi connectivity index (χ2n) is 4.30. The molecule has 18 heavy (non-hydrogen) atoms. The summed E-state index contributed by atoms with van der Waals surface area (Å²) in [5, 5.41) is 7.62. The molecule has 0 unspecified atom stereocenters. The molecule has 0 saturated carbocycles. The van der Waals surface area contributed by atoms with Crippen LogP contribution in [0, 0.1) is 5.41 Å². The van der Waals surface area contributed by atoms with Crippen LogP contribution in [0.15, 0.2) is 30.3 Å². The minimum Gasteiger partial charge on any atom is -0.294 e. The molecule has 0 amide bonds. The molecule has 0 heterocycles. The van der Waals surface area contributed by atoms with E-state index in [1.807, 2.05) is 0 Å². The number of nitrogens with one attached hydrogen (secondary N) is 1. The van der Waals surface area contributed by atoms with E-state index < -0.39 is 11.5 Å². The van der Waals surface area contributed by atoms with E-state index in [1.54, 1.807) is 30.3 Å². The second kappa shape index (κ2) is 7.54. The maximum absolute atomic E-state index is 11.8. The van der Waals surface area contributed by atoms with Crippen molar-refractivity contribution in [2.75, 3.05) is 0 Å². The molecule has 1 N–H and O–H groups in total. The number of ketones is 2. The van der Waals surface area contributed by atoms with Gasteiger partial charge in [0, 0.05) is 12.0 Å². The number of hydrogen-bond acceptors (Lipinski definition) is 3. The molecule has 1 aromatic carbocycles. The quantitative estimate of drug-likeness (QED) is 0.330.